The number of ether oxygens (including phenoxy) is 1. The summed E-state index contributed by atoms with van der Waals surface area (Å²) in [5.41, 5.74) is 5.93. The molecule has 1 aromatic carbocycles. The molecule has 2 aromatic rings. The maximum atomic E-state index is 12.9. The van der Waals surface area contributed by atoms with E-state index in [4.69, 9.17) is 15.7 Å². The van der Waals surface area contributed by atoms with Gasteiger partial charge >= 0.3 is 0 Å². The summed E-state index contributed by atoms with van der Waals surface area (Å²) in [4.78, 5) is 3.99. The topological polar surface area (TPSA) is 80.7 Å². The minimum absolute atomic E-state index is 0.0505. The zero-order valence-corrected chi connectivity index (χ0v) is 11.1. The van der Waals surface area contributed by atoms with Crippen molar-refractivity contribution >= 4 is 21.8 Å². The number of rotatable bonds is 3. The number of amidine groups is 1. The molecule has 2 rings (SSSR count). The van der Waals surface area contributed by atoms with E-state index in [0.29, 0.717) is 15.8 Å². The summed E-state index contributed by atoms with van der Waals surface area (Å²) in [6, 6.07) is 7.10. The Hall–Kier alpha value is -2.15. The predicted octanol–water partition coefficient (Wildman–Crippen LogP) is 2.87. The first kappa shape index (κ1) is 13.3. The molecule has 0 aliphatic rings. The molecule has 0 saturated heterocycles. The van der Waals surface area contributed by atoms with Crippen LogP contribution in [0.15, 0.2) is 46.2 Å². The van der Waals surface area contributed by atoms with Gasteiger partial charge in [0.15, 0.2) is 5.84 Å². The number of hydrogen-bond donors (Lipinski definition) is 2. The normalized spacial score (nSPS) is 11.4. The predicted molar refractivity (Wildman–Crippen MR) is 70.9 cm³/mol. The minimum atomic E-state index is -0.377. The molecule has 0 fully saturated rings. The largest absolute Gasteiger partial charge is 0.438 e. The molecule has 0 aliphatic carbocycles. The number of halogens is 2. The van der Waals surface area contributed by atoms with E-state index in [1.807, 2.05) is 0 Å². The molecule has 0 atom stereocenters. The van der Waals surface area contributed by atoms with Gasteiger partial charge in [0.1, 0.15) is 11.6 Å². The van der Waals surface area contributed by atoms with E-state index >= 15 is 0 Å². The highest BCUT2D eigenvalue weighted by Crippen LogP contribution is 2.29. The Labute approximate surface area is 116 Å². The molecule has 0 amide bonds. The molecular weight excluding hydrogens is 317 g/mol. The quantitative estimate of drug-likeness (QED) is 0.393. The second-order valence-electron chi connectivity index (χ2n) is 3.54. The zero-order chi connectivity index (χ0) is 13.8. The molecule has 19 heavy (non-hydrogen) atoms. The van der Waals surface area contributed by atoms with Crippen molar-refractivity contribution < 1.29 is 14.3 Å². The Morgan fingerprint density at radius 2 is 2.16 bits per heavy atom. The van der Waals surface area contributed by atoms with Crippen LogP contribution in [0.25, 0.3) is 0 Å². The van der Waals surface area contributed by atoms with E-state index in [9.17, 15) is 4.39 Å². The maximum Gasteiger partial charge on any atom is 0.219 e. The van der Waals surface area contributed by atoms with Gasteiger partial charge < -0.3 is 15.7 Å². The van der Waals surface area contributed by atoms with Gasteiger partial charge in [-0.25, -0.2) is 9.37 Å². The van der Waals surface area contributed by atoms with Crippen molar-refractivity contribution in [2.75, 3.05) is 0 Å². The molecule has 98 valence electrons. The van der Waals surface area contributed by atoms with Crippen LogP contribution >= 0.6 is 15.9 Å². The Balaban J connectivity index is 2.28. The Kier molecular flexibility index (Phi) is 3.96. The number of aromatic nitrogens is 1. The van der Waals surface area contributed by atoms with Crippen LogP contribution in [0.1, 0.15) is 5.56 Å². The number of nitrogens with zero attached hydrogens (tertiary/aromatic N) is 2. The van der Waals surface area contributed by atoms with Crippen molar-refractivity contribution in [1.29, 1.82) is 0 Å². The number of hydrogen-bond acceptors (Lipinski definition) is 4. The third kappa shape index (κ3) is 3.19. The smallest absolute Gasteiger partial charge is 0.219 e. The lowest BCUT2D eigenvalue weighted by atomic mass is 10.2. The van der Waals surface area contributed by atoms with Crippen molar-refractivity contribution in [2.24, 2.45) is 10.9 Å². The molecule has 3 N–H and O–H groups in total. The molecule has 7 heteroatoms. The SMILES string of the molecule is N/C(=N\O)c1ccnc(Oc2ccc(F)cc2Br)c1. The molecule has 1 heterocycles. The highest BCUT2D eigenvalue weighted by atomic mass is 79.9. The standard InChI is InChI=1S/C12H9BrFN3O2/c13-9-6-8(14)1-2-10(9)19-11-5-7(3-4-16-11)12(15)17-18/h1-6,18H,(H2,15,17). The maximum absolute atomic E-state index is 12.9. The van der Waals surface area contributed by atoms with Crippen LogP contribution in [-0.4, -0.2) is 16.0 Å². The highest BCUT2D eigenvalue weighted by Gasteiger charge is 2.07. The minimum Gasteiger partial charge on any atom is -0.438 e. The molecule has 0 unspecified atom stereocenters. The van der Waals surface area contributed by atoms with Crippen LogP contribution in [0.3, 0.4) is 0 Å². The van der Waals surface area contributed by atoms with Crippen LogP contribution in [0, 0.1) is 5.82 Å². The van der Waals surface area contributed by atoms with E-state index in [-0.39, 0.29) is 17.5 Å². The van der Waals surface area contributed by atoms with Gasteiger partial charge in [-0.1, -0.05) is 5.16 Å². The van der Waals surface area contributed by atoms with E-state index in [2.05, 4.69) is 26.1 Å². The fourth-order valence-corrected chi connectivity index (χ4v) is 1.78. The third-order valence-corrected chi connectivity index (χ3v) is 2.87. The van der Waals surface area contributed by atoms with Crippen LogP contribution in [0.5, 0.6) is 11.6 Å². The van der Waals surface area contributed by atoms with Crippen LogP contribution in [-0.2, 0) is 0 Å². The van der Waals surface area contributed by atoms with Crippen molar-refractivity contribution in [3.63, 3.8) is 0 Å². The lowest BCUT2D eigenvalue weighted by Crippen LogP contribution is -2.13. The molecule has 0 saturated carbocycles. The summed E-state index contributed by atoms with van der Waals surface area (Å²) >= 11 is 3.18. The van der Waals surface area contributed by atoms with Gasteiger partial charge in [0.25, 0.3) is 0 Å². The Bertz CT molecular complexity index is 634. The van der Waals surface area contributed by atoms with Gasteiger partial charge in [-0.3, -0.25) is 0 Å². The zero-order valence-electron chi connectivity index (χ0n) is 9.55. The molecule has 0 aliphatic heterocycles. The van der Waals surface area contributed by atoms with Gasteiger partial charge in [-0.15, -0.1) is 0 Å². The third-order valence-electron chi connectivity index (χ3n) is 2.25. The first-order valence-electron chi connectivity index (χ1n) is 5.17. The van der Waals surface area contributed by atoms with Crippen LogP contribution < -0.4 is 10.5 Å². The number of pyridine rings is 1. The lowest BCUT2D eigenvalue weighted by molar-refractivity contribution is 0.318. The Morgan fingerprint density at radius 3 is 2.84 bits per heavy atom. The summed E-state index contributed by atoms with van der Waals surface area (Å²) in [6.45, 7) is 0. The second-order valence-corrected chi connectivity index (χ2v) is 4.40. The van der Waals surface area contributed by atoms with Gasteiger partial charge in [-0.2, -0.15) is 0 Å². The average Bonchev–Trinajstić information content (AvgIpc) is 2.41. The monoisotopic (exact) mass is 325 g/mol. The van der Waals surface area contributed by atoms with Crippen molar-refractivity contribution in [1.82, 2.24) is 4.98 Å². The van der Waals surface area contributed by atoms with Crippen LogP contribution in [0.2, 0.25) is 0 Å². The lowest BCUT2D eigenvalue weighted by Gasteiger charge is -2.07. The molecule has 1 aromatic heterocycles. The first-order chi connectivity index (χ1) is 9.10. The van der Waals surface area contributed by atoms with Gasteiger partial charge in [0, 0.05) is 17.8 Å². The second kappa shape index (κ2) is 5.66. The average molecular weight is 326 g/mol. The summed E-state index contributed by atoms with van der Waals surface area (Å²) in [6.07, 6.45) is 1.46. The van der Waals surface area contributed by atoms with Gasteiger partial charge in [0.05, 0.1) is 4.47 Å². The van der Waals surface area contributed by atoms with Crippen molar-refractivity contribution in [3.8, 4) is 11.6 Å². The number of oxime groups is 1. The molecule has 0 spiro atoms. The van der Waals surface area contributed by atoms with E-state index in [1.54, 1.807) is 6.07 Å². The van der Waals surface area contributed by atoms with Gasteiger partial charge in [-0.05, 0) is 40.2 Å². The molecule has 5 nitrogen and oxygen atoms in total. The summed E-state index contributed by atoms with van der Waals surface area (Å²) in [5.74, 6) is 0.227. The van der Waals surface area contributed by atoms with E-state index in [1.165, 1.54) is 30.5 Å². The first-order valence-corrected chi connectivity index (χ1v) is 5.96. The Morgan fingerprint density at radius 1 is 1.37 bits per heavy atom. The van der Waals surface area contributed by atoms with E-state index < -0.39 is 0 Å². The number of nitrogens with two attached hydrogens (primary N) is 1. The molecular formula is C12H9BrFN3O2. The molecule has 0 radical (unpaired) electrons. The highest BCUT2D eigenvalue weighted by molar-refractivity contribution is 9.10. The summed E-state index contributed by atoms with van der Waals surface area (Å²) in [5, 5.41) is 11.5. The van der Waals surface area contributed by atoms with Gasteiger partial charge in [0.2, 0.25) is 5.88 Å². The molecule has 0 bridgehead atoms. The van der Waals surface area contributed by atoms with E-state index in [0.717, 1.165) is 0 Å². The van der Waals surface area contributed by atoms with Crippen molar-refractivity contribution in [3.05, 3.63) is 52.4 Å². The summed E-state index contributed by atoms with van der Waals surface area (Å²) < 4.78 is 18.9. The number of benzene rings is 1. The van der Waals surface area contributed by atoms with Crippen LogP contribution in [0.4, 0.5) is 4.39 Å². The summed E-state index contributed by atoms with van der Waals surface area (Å²) in [7, 11) is 0. The fourth-order valence-electron chi connectivity index (χ4n) is 1.35. The van der Waals surface area contributed by atoms with Crippen molar-refractivity contribution in [2.45, 2.75) is 0 Å². The fraction of sp³-hybridized carbons (Fsp3) is 0.